The van der Waals surface area contributed by atoms with Gasteiger partial charge in [0.2, 0.25) is 5.88 Å². The number of pyridine rings is 1. The highest BCUT2D eigenvalue weighted by Crippen LogP contribution is 2.29. The fourth-order valence-corrected chi connectivity index (χ4v) is 3.85. The first-order chi connectivity index (χ1) is 14.2. The first-order valence-corrected chi connectivity index (χ1v) is 10.6. The van der Waals surface area contributed by atoms with Crippen molar-refractivity contribution in [3.8, 4) is 5.88 Å². The summed E-state index contributed by atoms with van der Waals surface area (Å²) in [4.78, 5) is 30.3. The molecule has 1 aliphatic heterocycles. The van der Waals surface area contributed by atoms with Crippen LogP contribution in [-0.2, 0) is 6.54 Å². The Morgan fingerprint density at radius 2 is 2.03 bits per heavy atom. The molecule has 1 aliphatic carbocycles. The van der Waals surface area contributed by atoms with Crippen molar-refractivity contribution in [3.63, 3.8) is 0 Å². The van der Waals surface area contributed by atoms with Gasteiger partial charge in [-0.05, 0) is 62.4 Å². The molecule has 154 valence electrons. The third-order valence-electron chi connectivity index (χ3n) is 5.76. The molecule has 2 aliphatic rings. The molecule has 1 atom stereocenters. The Morgan fingerprint density at radius 3 is 2.72 bits per heavy atom. The number of rotatable bonds is 9. The topological polar surface area (TPSA) is 71.5 Å². The van der Waals surface area contributed by atoms with Gasteiger partial charge in [0.1, 0.15) is 5.69 Å². The van der Waals surface area contributed by atoms with Crippen LogP contribution in [0.1, 0.15) is 48.7 Å². The van der Waals surface area contributed by atoms with Crippen LogP contribution >= 0.6 is 0 Å². The predicted octanol–water partition coefficient (Wildman–Crippen LogP) is 2.79. The van der Waals surface area contributed by atoms with Crippen LogP contribution in [0, 0.1) is 5.92 Å². The number of hydrogen-bond donors (Lipinski definition) is 0. The predicted molar refractivity (Wildman–Crippen MR) is 109 cm³/mol. The largest absolute Gasteiger partial charge is 0.476 e. The van der Waals surface area contributed by atoms with Crippen molar-refractivity contribution in [3.05, 3.63) is 48.2 Å². The smallest absolute Gasteiger partial charge is 0.274 e. The minimum absolute atomic E-state index is 0.0917. The lowest BCUT2D eigenvalue weighted by molar-refractivity contribution is 0.0685. The number of aromatic nitrogens is 3. The molecule has 7 nitrogen and oxygen atoms in total. The van der Waals surface area contributed by atoms with E-state index in [-0.39, 0.29) is 5.91 Å². The fraction of sp³-hybridized carbons (Fsp3) is 0.545. The second-order valence-electron chi connectivity index (χ2n) is 7.96. The van der Waals surface area contributed by atoms with Crippen molar-refractivity contribution >= 4 is 5.91 Å². The lowest BCUT2D eigenvalue weighted by Gasteiger charge is -2.30. The van der Waals surface area contributed by atoms with E-state index in [4.69, 9.17) is 4.74 Å². The number of nitrogens with zero attached hydrogens (tertiary/aromatic N) is 5. The molecule has 29 heavy (non-hydrogen) atoms. The van der Waals surface area contributed by atoms with Gasteiger partial charge < -0.3 is 9.64 Å². The zero-order valence-electron chi connectivity index (χ0n) is 17.0. The third-order valence-corrected chi connectivity index (χ3v) is 5.76. The molecule has 1 unspecified atom stereocenters. The summed E-state index contributed by atoms with van der Waals surface area (Å²) in [7, 11) is 0. The molecule has 2 aromatic heterocycles. The monoisotopic (exact) mass is 395 g/mol. The molecule has 7 heteroatoms. The molecule has 3 heterocycles. The maximum Gasteiger partial charge on any atom is 0.274 e. The summed E-state index contributed by atoms with van der Waals surface area (Å²) in [6, 6.07) is 4.29. The molecule has 0 N–H and O–H groups in total. The van der Waals surface area contributed by atoms with E-state index in [1.807, 2.05) is 17.0 Å². The van der Waals surface area contributed by atoms with Crippen LogP contribution in [0.5, 0.6) is 5.88 Å². The van der Waals surface area contributed by atoms with E-state index in [0.29, 0.717) is 43.2 Å². The number of carbonyl (C=O) groups excluding carboxylic acids is 1. The van der Waals surface area contributed by atoms with Gasteiger partial charge in [0.25, 0.3) is 5.91 Å². The zero-order chi connectivity index (χ0) is 20.1. The highest BCUT2D eigenvalue weighted by atomic mass is 16.5. The summed E-state index contributed by atoms with van der Waals surface area (Å²) in [6.45, 7) is 6.21. The molecule has 0 radical (unpaired) electrons. The first-order valence-electron chi connectivity index (χ1n) is 10.6. The van der Waals surface area contributed by atoms with Crippen molar-refractivity contribution in [1.82, 2.24) is 24.8 Å². The Kier molecular flexibility index (Phi) is 6.34. The maximum absolute atomic E-state index is 13.3. The minimum Gasteiger partial charge on any atom is -0.476 e. The minimum atomic E-state index is -0.0917. The van der Waals surface area contributed by atoms with Crippen LogP contribution in [0.4, 0.5) is 0 Å². The molecular weight excluding hydrogens is 366 g/mol. The van der Waals surface area contributed by atoms with E-state index in [1.165, 1.54) is 25.5 Å². The summed E-state index contributed by atoms with van der Waals surface area (Å²) < 4.78 is 5.64. The van der Waals surface area contributed by atoms with Crippen LogP contribution < -0.4 is 4.74 Å². The molecule has 1 saturated heterocycles. The summed E-state index contributed by atoms with van der Waals surface area (Å²) in [5, 5.41) is 0. The molecule has 2 aromatic rings. The summed E-state index contributed by atoms with van der Waals surface area (Å²) in [5.74, 6) is 1.05. The first kappa shape index (κ1) is 19.8. The van der Waals surface area contributed by atoms with Crippen LogP contribution in [0.3, 0.4) is 0 Å². The van der Waals surface area contributed by atoms with Crippen molar-refractivity contribution in [2.75, 3.05) is 26.2 Å². The van der Waals surface area contributed by atoms with Gasteiger partial charge in [0, 0.05) is 31.5 Å². The van der Waals surface area contributed by atoms with Crippen molar-refractivity contribution in [2.45, 2.75) is 45.2 Å². The van der Waals surface area contributed by atoms with Gasteiger partial charge in [-0.25, -0.2) is 9.97 Å². The van der Waals surface area contributed by atoms with Crippen molar-refractivity contribution < 1.29 is 9.53 Å². The highest BCUT2D eigenvalue weighted by molar-refractivity contribution is 5.92. The van der Waals surface area contributed by atoms with E-state index in [9.17, 15) is 4.79 Å². The molecule has 1 amide bonds. The van der Waals surface area contributed by atoms with Crippen LogP contribution in [-0.4, -0.2) is 62.9 Å². The second kappa shape index (κ2) is 9.31. The highest BCUT2D eigenvalue weighted by Gasteiger charge is 2.28. The SMILES string of the molecule is CCN1CCCC1CN(Cc1ccncc1)C(=O)c1cnc(OCC2CC2)cn1. The molecule has 4 rings (SSSR count). The lowest BCUT2D eigenvalue weighted by Crippen LogP contribution is -2.43. The lowest BCUT2D eigenvalue weighted by atomic mass is 10.1. The number of hydrogen-bond acceptors (Lipinski definition) is 6. The molecule has 0 aromatic carbocycles. The molecular formula is C22H29N5O2. The summed E-state index contributed by atoms with van der Waals surface area (Å²) >= 11 is 0. The second-order valence-corrected chi connectivity index (χ2v) is 7.96. The number of likely N-dealkylation sites (N-methyl/N-ethyl adjacent to an activating group) is 1. The Labute approximate surface area is 172 Å². The van der Waals surface area contributed by atoms with E-state index >= 15 is 0 Å². The van der Waals surface area contributed by atoms with Gasteiger partial charge in [-0.15, -0.1) is 0 Å². The quantitative estimate of drug-likeness (QED) is 0.650. The Morgan fingerprint density at radius 1 is 1.21 bits per heavy atom. The van der Waals surface area contributed by atoms with E-state index in [0.717, 1.165) is 25.1 Å². The van der Waals surface area contributed by atoms with E-state index in [2.05, 4.69) is 26.8 Å². The van der Waals surface area contributed by atoms with Gasteiger partial charge in [-0.1, -0.05) is 6.92 Å². The Hall–Kier alpha value is -2.54. The fourth-order valence-electron chi connectivity index (χ4n) is 3.85. The van der Waals surface area contributed by atoms with E-state index in [1.54, 1.807) is 18.6 Å². The average Bonchev–Trinajstić information content (AvgIpc) is 3.49. The van der Waals surface area contributed by atoms with Crippen molar-refractivity contribution in [2.24, 2.45) is 5.92 Å². The summed E-state index contributed by atoms with van der Waals surface area (Å²) in [6.07, 6.45) is 11.4. The maximum atomic E-state index is 13.3. The van der Waals surface area contributed by atoms with Gasteiger partial charge >= 0.3 is 0 Å². The average molecular weight is 396 g/mol. The molecule has 2 fully saturated rings. The standard InChI is InChI=1S/C22H29N5O2/c1-2-26-11-3-4-19(26)15-27(14-17-7-9-23-10-8-17)22(28)20-12-25-21(13-24-20)29-16-18-5-6-18/h7-10,12-13,18-19H,2-6,11,14-16H2,1H3. The number of ether oxygens (including phenoxy) is 1. The van der Waals surface area contributed by atoms with E-state index < -0.39 is 0 Å². The zero-order valence-corrected chi connectivity index (χ0v) is 17.0. The van der Waals surface area contributed by atoms with Crippen LogP contribution in [0.25, 0.3) is 0 Å². The Bertz CT molecular complexity index is 795. The third kappa shape index (κ3) is 5.29. The van der Waals surface area contributed by atoms with Crippen LogP contribution in [0.15, 0.2) is 36.9 Å². The summed E-state index contributed by atoms with van der Waals surface area (Å²) in [5.41, 5.74) is 1.42. The van der Waals surface area contributed by atoms with Crippen LogP contribution in [0.2, 0.25) is 0 Å². The van der Waals surface area contributed by atoms with Gasteiger partial charge in [-0.3, -0.25) is 14.7 Å². The molecule has 1 saturated carbocycles. The van der Waals surface area contributed by atoms with Gasteiger partial charge in [0.15, 0.2) is 0 Å². The Balaban J connectivity index is 1.46. The number of carbonyl (C=O) groups is 1. The normalized spacial score (nSPS) is 19.3. The molecule has 0 spiro atoms. The van der Waals surface area contributed by atoms with Gasteiger partial charge in [-0.2, -0.15) is 0 Å². The van der Waals surface area contributed by atoms with Crippen molar-refractivity contribution in [1.29, 1.82) is 0 Å². The van der Waals surface area contributed by atoms with Gasteiger partial charge in [0.05, 0.1) is 19.0 Å². The number of likely N-dealkylation sites (tertiary alicyclic amines) is 1. The molecule has 0 bridgehead atoms. The number of amides is 1.